The Morgan fingerprint density at radius 1 is 1.50 bits per heavy atom. The zero-order valence-corrected chi connectivity index (χ0v) is 9.84. The van der Waals surface area contributed by atoms with Crippen molar-refractivity contribution in [2.45, 2.75) is 26.0 Å². The normalized spacial score (nSPS) is 25.3. The molecule has 16 heavy (non-hydrogen) atoms. The second-order valence-corrected chi connectivity index (χ2v) is 4.18. The monoisotopic (exact) mass is 230 g/mol. The summed E-state index contributed by atoms with van der Waals surface area (Å²) in [5, 5.41) is 8.61. The number of rotatable bonds is 2. The first-order valence-corrected chi connectivity index (χ1v) is 5.27. The van der Waals surface area contributed by atoms with Crippen LogP contribution in [0.4, 0.5) is 4.79 Å². The molecular formula is C10H18N2O4. The zero-order valence-electron chi connectivity index (χ0n) is 9.84. The molecule has 1 N–H and O–H groups in total. The summed E-state index contributed by atoms with van der Waals surface area (Å²) < 4.78 is 5.40. The maximum Gasteiger partial charge on any atom is 0.323 e. The summed E-state index contributed by atoms with van der Waals surface area (Å²) in [6, 6.07) is -0.273. The average Bonchev–Trinajstić information content (AvgIpc) is 2.19. The smallest absolute Gasteiger partial charge is 0.323 e. The molecule has 2 atom stereocenters. The Balaban J connectivity index is 2.60. The highest BCUT2D eigenvalue weighted by Crippen LogP contribution is 2.13. The minimum absolute atomic E-state index is 0.00150. The highest BCUT2D eigenvalue weighted by Gasteiger charge is 2.29. The minimum Gasteiger partial charge on any atom is -0.480 e. The van der Waals surface area contributed by atoms with E-state index in [4.69, 9.17) is 9.84 Å². The fourth-order valence-corrected chi connectivity index (χ4v) is 1.66. The number of amides is 2. The summed E-state index contributed by atoms with van der Waals surface area (Å²) in [7, 11) is 1.49. The predicted molar refractivity (Wildman–Crippen MR) is 57.2 cm³/mol. The summed E-state index contributed by atoms with van der Waals surface area (Å²) in [6.45, 7) is 4.50. The molecule has 1 aliphatic rings. The van der Waals surface area contributed by atoms with Crippen LogP contribution in [0.25, 0.3) is 0 Å². The first-order chi connectivity index (χ1) is 7.41. The lowest BCUT2D eigenvalue weighted by molar-refractivity contribution is -0.137. The third kappa shape index (κ3) is 3.10. The molecular weight excluding hydrogens is 212 g/mol. The Bertz CT molecular complexity index is 282. The van der Waals surface area contributed by atoms with E-state index in [1.54, 1.807) is 4.90 Å². The standard InChI is InChI=1S/C10H18N2O4/c1-7-6-16-8(2)4-12(7)10(15)11(3)5-9(13)14/h7-8H,4-6H2,1-3H3,(H,13,14). The van der Waals surface area contributed by atoms with Crippen LogP contribution in [0.2, 0.25) is 0 Å². The summed E-state index contributed by atoms with van der Waals surface area (Å²) in [5.74, 6) is -1.01. The van der Waals surface area contributed by atoms with Crippen molar-refractivity contribution in [2.75, 3.05) is 26.7 Å². The number of carboxylic acids is 1. The van der Waals surface area contributed by atoms with Gasteiger partial charge in [-0.2, -0.15) is 0 Å². The van der Waals surface area contributed by atoms with Crippen molar-refractivity contribution in [1.82, 2.24) is 9.80 Å². The zero-order chi connectivity index (χ0) is 12.3. The van der Waals surface area contributed by atoms with E-state index < -0.39 is 5.97 Å². The maximum atomic E-state index is 11.9. The van der Waals surface area contributed by atoms with E-state index in [1.807, 2.05) is 13.8 Å². The van der Waals surface area contributed by atoms with E-state index in [1.165, 1.54) is 11.9 Å². The molecule has 1 aliphatic heterocycles. The molecule has 1 rings (SSSR count). The van der Waals surface area contributed by atoms with E-state index in [2.05, 4.69) is 0 Å². The minimum atomic E-state index is -1.01. The molecule has 92 valence electrons. The molecule has 0 aromatic rings. The summed E-state index contributed by atoms with van der Waals surface area (Å²) in [4.78, 5) is 25.3. The second-order valence-electron chi connectivity index (χ2n) is 4.18. The first kappa shape index (κ1) is 12.8. The second kappa shape index (κ2) is 5.16. The Morgan fingerprint density at radius 3 is 2.69 bits per heavy atom. The van der Waals surface area contributed by atoms with Crippen molar-refractivity contribution in [3.63, 3.8) is 0 Å². The van der Waals surface area contributed by atoms with Gasteiger partial charge >= 0.3 is 12.0 Å². The van der Waals surface area contributed by atoms with Crippen LogP contribution in [0, 0.1) is 0 Å². The fourth-order valence-electron chi connectivity index (χ4n) is 1.66. The van der Waals surface area contributed by atoms with Gasteiger partial charge in [-0.3, -0.25) is 4.79 Å². The number of morpholine rings is 1. The predicted octanol–water partition coefficient (Wildman–Crippen LogP) is 0.232. The van der Waals surface area contributed by atoms with Gasteiger partial charge in [-0.15, -0.1) is 0 Å². The molecule has 0 bridgehead atoms. The summed E-state index contributed by atoms with van der Waals surface area (Å²) in [6.07, 6.45) is -0.00150. The molecule has 0 aromatic heterocycles. The molecule has 1 saturated heterocycles. The largest absolute Gasteiger partial charge is 0.480 e. The molecule has 1 fully saturated rings. The number of carboxylic acid groups (broad SMARTS) is 1. The Hall–Kier alpha value is -1.30. The molecule has 0 aliphatic carbocycles. The highest BCUT2D eigenvalue weighted by molar-refractivity contribution is 5.80. The molecule has 0 saturated carbocycles. The number of carbonyl (C=O) groups is 2. The lowest BCUT2D eigenvalue weighted by Gasteiger charge is -2.38. The van der Waals surface area contributed by atoms with Crippen molar-refractivity contribution < 1.29 is 19.4 Å². The van der Waals surface area contributed by atoms with E-state index in [0.29, 0.717) is 13.2 Å². The molecule has 2 amide bonds. The van der Waals surface area contributed by atoms with Crippen LogP contribution >= 0.6 is 0 Å². The number of carbonyl (C=O) groups excluding carboxylic acids is 1. The van der Waals surface area contributed by atoms with Gasteiger partial charge in [0.25, 0.3) is 0 Å². The van der Waals surface area contributed by atoms with Gasteiger partial charge in [-0.25, -0.2) is 4.79 Å². The van der Waals surface area contributed by atoms with Crippen LogP contribution in [0.5, 0.6) is 0 Å². The van der Waals surface area contributed by atoms with Crippen LogP contribution in [-0.2, 0) is 9.53 Å². The Kier molecular flexibility index (Phi) is 4.12. The van der Waals surface area contributed by atoms with Crippen LogP contribution < -0.4 is 0 Å². The molecule has 0 radical (unpaired) electrons. The third-order valence-electron chi connectivity index (χ3n) is 2.55. The number of nitrogens with zero attached hydrogens (tertiary/aromatic N) is 2. The Labute approximate surface area is 94.8 Å². The number of hydrogen-bond donors (Lipinski definition) is 1. The van der Waals surface area contributed by atoms with E-state index in [9.17, 15) is 9.59 Å². The van der Waals surface area contributed by atoms with E-state index in [0.717, 1.165) is 0 Å². The van der Waals surface area contributed by atoms with E-state index in [-0.39, 0.29) is 24.7 Å². The highest BCUT2D eigenvalue weighted by atomic mass is 16.5. The fraction of sp³-hybridized carbons (Fsp3) is 0.800. The lowest BCUT2D eigenvalue weighted by Crippen LogP contribution is -2.54. The van der Waals surface area contributed by atoms with Crippen LogP contribution in [0.1, 0.15) is 13.8 Å². The molecule has 6 nitrogen and oxygen atoms in total. The quantitative estimate of drug-likeness (QED) is 0.737. The molecule has 1 heterocycles. The van der Waals surface area contributed by atoms with Gasteiger partial charge in [0.05, 0.1) is 18.8 Å². The molecule has 0 spiro atoms. The number of ether oxygens (including phenoxy) is 1. The van der Waals surface area contributed by atoms with Crippen molar-refractivity contribution >= 4 is 12.0 Å². The van der Waals surface area contributed by atoms with Crippen molar-refractivity contribution in [2.24, 2.45) is 0 Å². The van der Waals surface area contributed by atoms with Gasteiger partial charge < -0.3 is 19.6 Å². The number of aliphatic carboxylic acids is 1. The SMILES string of the molecule is CC1CN(C(=O)N(C)CC(=O)O)C(C)CO1. The number of likely N-dealkylation sites (N-methyl/N-ethyl adjacent to an activating group) is 1. The first-order valence-electron chi connectivity index (χ1n) is 5.27. The van der Waals surface area contributed by atoms with Crippen LogP contribution in [0.15, 0.2) is 0 Å². The van der Waals surface area contributed by atoms with Crippen molar-refractivity contribution in [3.8, 4) is 0 Å². The topological polar surface area (TPSA) is 70.1 Å². The van der Waals surface area contributed by atoms with Gasteiger partial charge in [0.1, 0.15) is 6.54 Å². The lowest BCUT2D eigenvalue weighted by atomic mass is 10.2. The molecule has 2 unspecified atom stereocenters. The molecule has 0 aromatic carbocycles. The van der Waals surface area contributed by atoms with Crippen molar-refractivity contribution in [3.05, 3.63) is 0 Å². The van der Waals surface area contributed by atoms with Gasteiger partial charge in [-0.05, 0) is 13.8 Å². The average molecular weight is 230 g/mol. The number of urea groups is 1. The summed E-state index contributed by atoms with van der Waals surface area (Å²) >= 11 is 0. The van der Waals surface area contributed by atoms with Crippen LogP contribution in [-0.4, -0.2) is 65.8 Å². The number of hydrogen-bond acceptors (Lipinski definition) is 3. The van der Waals surface area contributed by atoms with Gasteiger partial charge in [0.15, 0.2) is 0 Å². The van der Waals surface area contributed by atoms with E-state index >= 15 is 0 Å². The summed E-state index contributed by atoms with van der Waals surface area (Å²) in [5.41, 5.74) is 0. The van der Waals surface area contributed by atoms with Gasteiger partial charge in [0.2, 0.25) is 0 Å². The third-order valence-corrected chi connectivity index (χ3v) is 2.55. The van der Waals surface area contributed by atoms with Gasteiger partial charge in [0, 0.05) is 13.6 Å². The van der Waals surface area contributed by atoms with Crippen LogP contribution in [0.3, 0.4) is 0 Å². The Morgan fingerprint density at radius 2 is 2.12 bits per heavy atom. The van der Waals surface area contributed by atoms with Gasteiger partial charge in [-0.1, -0.05) is 0 Å². The maximum absolute atomic E-state index is 11.9. The van der Waals surface area contributed by atoms with Crippen molar-refractivity contribution in [1.29, 1.82) is 0 Å². The molecule has 6 heteroatoms.